The van der Waals surface area contributed by atoms with Gasteiger partial charge in [0.25, 0.3) is 0 Å². The summed E-state index contributed by atoms with van der Waals surface area (Å²) in [6.45, 7) is 6.59. The zero-order valence-electron chi connectivity index (χ0n) is 8.57. The van der Waals surface area contributed by atoms with Gasteiger partial charge in [-0.3, -0.25) is 9.69 Å². The molecule has 0 N–H and O–H groups in total. The number of nitrogens with zero attached hydrogens (tertiary/aromatic N) is 1. The van der Waals surface area contributed by atoms with Crippen LogP contribution < -0.4 is 0 Å². The first-order chi connectivity index (χ1) is 6.79. The lowest BCUT2D eigenvalue weighted by Crippen LogP contribution is -2.47. The number of esters is 1. The van der Waals surface area contributed by atoms with Gasteiger partial charge < -0.3 is 9.47 Å². The monoisotopic (exact) mass is 199 g/mol. The lowest BCUT2D eigenvalue weighted by atomic mass is 10.1. The van der Waals surface area contributed by atoms with Crippen LogP contribution in [0.4, 0.5) is 0 Å². The second-order valence-electron chi connectivity index (χ2n) is 3.21. The number of rotatable bonds is 4. The third kappa shape index (κ3) is 2.82. The van der Waals surface area contributed by atoms with Gasteiger partial charge in [-0.1, -0.05) is 6.08 Å². The summed E-state index contributed by atoms with van der Waals surface area (Å²) in [5.41, 5.74) is 0. The number of morpholine rings is 1. The highest BCUT2D eigenvalue weighted by Gasteiger charge is 2.26. The fourth-order valence-corrected chi connectivity index (χ4v) is 1.58. The molecule has 14 heavy (non-hydrogen) atoms. The molecule has 1 heterocycles. The molecule has 1 fully saturated rings. The summed E-state index contributed by atoms with van der Waals surface area (Å²) in [5, 5.41) is 0. The van der Waals surface area contributed by atoms with Gasteiger partial charge in [-0.15, -0.1) is 6.58 Å². The van der Waals surface area contributed by atoms with Gasteiger partial charge >= 0.3 is 5.97 Å². The van der Waals surface area contributed by atoms with E-state index in [1.54, 1.807) is 6.08 Å². The molecule has 0 unspecified atom stereocenters. The second kappa shape index (κ2) is 5.78. The fraction of sp³-hybridized carbons (Fsp3) is 0.700. The van der Waals surface area contributed by atoms with E-state index in [0.717, 1.165) is 13.1 Å². The summed E-state index contributed by atoms with van der Waals surface area (Å²) in [6, 6.07) is -0.193. The number of hydrogen-bond acceptors (Lipinski definition) is 4. The fourth-order valence-electron chi connectivity index (χ4n) is 1.58. The van der Waals surface area contributed by atoms with E-state index in [-0.39, 0.29) is 12.0 Å². The maximum Gasteiger partial charge on any atom is 0.323 e. The van der Waals surface area contributed by atoms with Gasteiger partial charge in [0, 0.05) is 13.1 Å². The Morgan fingerprint density at radius 1 is 1.64 bits per heavy atom. The molecule has 0 amide bonds. The highest BCUT2D eigenvalue weighted by Crippen LogP contribution is 2.09. The Labute approximate surface area is 84.5 Å². The topological polar surface area (TPSA) is 38.8 Å². The average molecular weight is 199 g/mol. The smallest absolute Gasteiger partial charge is 0.323 e. The quantitative estimate of drug-likeness (QED) is 0.486. The van der Waals surface area contributed by atoms with Gasteiger partial charge in [0.1, 0.15) is 6.04 Å². The van der Waals surface area contributed by atoms with Crippen molar-refractivity contribution in [2.75, 3.05) is 33.4 Å². The van der Waals surface area contributed by atoms with Gasteiger partial charge in [0.05, 0.1) is 20.3 Å². The van der Waals surface area contributed by atoms with Crippen LogP contribution in [0.15, 0.2) is 12.7 Å². The number of carbonyl (C=O) groups excluding carboxylic acids is 1. The van der Waals surface area contributed by atoms with Gasteiger partial charge in [-0.2, -0.15) is 0 Å². The first-order valence-electron chi connectivity index (χ1n) is 4.80. The molecule has 0 radical (unpaired) electrons. The minimum absolute atomic E-state index is 0.188. The zero-order chi connectivity index (χ0) is 10.4. The van der Waals surface area contributed by atoms with Crippen molar-refractivity contribution in [1.29, 1.82) is 0 Å². The molecule has 0 aromatic carbocycles. The standard InChI is InChI=1S/C10H17NO3/c1-3-4-9(10(12)13-2)11-5-7-14-8-6-11/h3,9H,1,4-8H2,2H3/t9-/m1/s1. The lowest BCUT2D eigenvalue weighted by molar-refractivity contribution is -0.148. The lowest BCUT2D eigenvalue weighted by Gasteiger charge is -2.32. The zero-order valence-corrected chi connectivity index (χ0v) is 8.57. The highest BCUT2D eigenvalue weighted by molar-refractivity contribution is 5.75. The number of ether oxygens (including phenoxy) is 2. The molecule has 4 heteroatoms. The van der Waals surface area contributed by atoms with E-state index in [4.69, 9.17) is 9.47 Å². The molecule has 1 aliphatic rings. The third-order valence-electron chi connectivity index (χ3n) is 2.35. The molecular weight excluding hydrogens is 182 g/mol. The van der Waals surface area contributed by atoms with E-state index >= 15 is 0 Å². The van der Waals surface area contributed by atoms with E-state index in [0.29, 0.717) is 19.6 Å². The summed E-state index contributed by atoms with van der Waals surface area (Å²) in [6.07, 6.45) is 2.38. The predicted molar refractivity (Wildman–Crippen MR) is 53.0 cm³/mol. The van der Waals surface area contributed by atoms with Crippen molar-refractivity contribution in [2.24, 2.45) is 0 Å². The Bertz CT molecular complexity index is 200. The third-order valence-corrected chi connectivity index (χ3v) is 2.35. The van der Waals surface area contributed by atoms with Crippen LogP contribution >= 0.6 is 0 Å². The summed E-state index contributed by atoms with van der Waals surface area (Å²) in [5.74, 6) is -0.188. The summed E-state index contributed by atoms with van der Waals surface area (Å²) in [7, 11) is 1.42. The van der Waals surface area contributed by atoms with E-state index in [9.17, 15) is 4.79 Å². The molecule has 0 bridgehead atoms. The number of hydrogen-bond donors (Lipinski definition) is 0. The SMILES string of the molecule is C=CC[C@H](C(=O)OC)N1CCOCC1. The minimum atomic E-state index is -0.193. The number of carbonyl (C=O) groups is 1. The average Bonchev–Trinajstić information content (AvgIpc) is 2.26. The normalized spacial score (nSPS) is 20.1. The summed E-state index contributed by atoms with van der Waals surface area (Å²) < 4.78 is 9.97. The molecule has 1 atom stereocenters. The van der Waals surface area contributed by atoms with Crippen LogP contribution in [0.1, 0.15) is 6.42 Å². The van der Waals surface area contributed by atoms with Crippen LogP contribution in [-0.4, -0.2) is 50.3 Å². The van der Waals surface area contributed by atoms with Gasteiger partial charge in [-0.25, -0.2) is 0 Å². The van der Waals surface area contributed by atoms with Crippen LogP contribution in [0.25, 0.3) is 0 Å². The molecule has 0 aromatic heterocycles. The Balaban J connectivity index is 2.55. The van der Waals surface area contributed by atoms with Crippen LogP contribution in [0.2, 0.25) is 0 Å². The van der Waals surface area contributed by atoms with Crippen molar-refractivity contribution in [3.8, 4) is 0 Å². The largest absolute Gasteiger partial charge is 0.468 e. The Morgan fingerprint density at radius 3 is 2.79 bits per heavy atom. The molecule has 0 aromatic rings. The van der Waals surface area contributed by atoms with Crippen molar-refractivity contribution >= 4 is 5.97 Å². The maximum absolute atomic E-state index is 11.4. The molecule has 4 nitrogen and oxygen atoms in total. The van der Waals surface area contributed by atoms with Gasteiger partial charge in [0.15, 0.2) is 0 Å². The Hall–Kier alpha value is -0.870. The van der Waals surface area contributed by atoms with Crippen LogP contribution in [0.3, 0.4) is 0 Å². The van der Waals surface area contributed by atoms with E-state index in [2.05, 4.69) is 11.5 Å². The van der Waals surface area contributed by atoms with Gasteiger partial charge in [0.2, 0.25) is 0 Å². The summed E-state index contributed by atoms with van der Waals surface area (Å²) in [4.78, 5) is 13.5. The van der Waals surface area contributed by atoms with Crippen molar-refractivity contribution in [3.63, 3.8) is 0 Å². The highest BCUT2D eigenvalue weighted by atomic mass is 16.5. The van der Waals surface area contributed by atoms with Crippen molar-refractivity contribution in [1.82, 2.24) is 4.90 Å². The molecule has 80 valence electrons. The Morgan fingerprint density at radius 2 is 2.29 bits per heavy atom. The van der Waals surface area contributed by atoms with Crippen molar-refractivity contribution in [3.05, 3.63) is 12.7 Å². The van der Waals surface area contributed by atoms with Crippen molar-refractivity contribution < 1.29 is 14.3 Å². The van der Waals surface area contributed by atoms with Crippen LogP contribution in [0.5, 0.6) is 0 Å². The summed E-state index contributed by atoms with van der Waals surface area (Å²) >= 11 is 0. The van der Waals surface area contributed by atoms with Crippen LogP contribution in [-0.2, 0) is 14.3 Å². The molecule has 0 saturated carbocycles. The first kappa shape index (κ1) is 11.2. The maximum atomic E-state index is 11.4. The molecule has 0 spiro atoms. The Kier molecular flexibility index (Phi) is 4.62. The second-order valence-corrected chi connectivity index (χ2v) is 3.21. The minimum Gasteiger partial charge on any atom is -0.468 e. The molecule has 1 aliphatic heterocycles. The van der Waals surface area contributed by atoms with Crippen LogP contribution in [0, 0.1) is 0 Å². The van der Waals surface area contributed by atoms with E-state index in [1.165, 1.54) is 7.11 Å². The molecule has 1 rings (SSSR count). The molecule has 0 aliphatic carbocycles. The molecular formula is C10H17NO3. The van der Waals surface area contributed by atoms with E-state index < -0.39 is 0 Å². The first-order valence-corrected chi connectivity index (χ1v) is 4.80. The molecule has 1 saturated heterocycles. The predicted octanol–water partition coefficient (Wildman–Crippen LogP) is 0.436. The van der Waals surface area contributed by atoms with Gasteiger partial charge in [-0.05, 0) is 6.42 Å². The number of methoxy groups -OCH3 is 1. The van der Waals surface area contributed by atoms with Crippen molar-refractivity contribution in [2.45, 2.75) is 12.5 Å². The van der Waals surface area contributed by atoms with E-state index in [1.807, 2.05) is 0 Å².